The monoisotopic (exact) mass is 150 g/mol. The molecule has 0 amide bonds. The zero-order valence-corrected chi connectivity index (χ0v) is 7.09. The summed E-state index contributed by atoms with van der Waals surface area (Å²) in [6.07, 6.45) is 2.94. The van der Waals surface area contributed by atoms with Gasteiger partial charge in [-0.1, -0.05) is 20.4 Å². The van der Waals surface area contributed by atoms with Gasteiger partial charge in [0.15, 0.2) is 0 Å². The average Bonchev–Trinajstić information content (AvgIpc) is 1.84. The van der Waals surface area contributed by atoms with E-state index in [1.54, 1.807) is 0 Å². The van der Waals surface area contributed by atoms with E-state index in [9.17, 15) is 5.11 Å². The van der Waals surface area contributed by atoms with Crippen LogP contribution in [0.5, 0.6) is 0 Å². The minimum atomic E-state index is 0.260. The summed E-state index contributed by atoms with van der Waals surface area (Å²) in [7, 11) is 0. The van der Waals surface area contributed by atoms with Gasteiger partial charge in [-0.25, -0.2) is 0 Å². The second-order valence-corrected chi connectivity index (χ2v) is 4.31. The molecule has 1 heteroatoms. The van der Waals surface area contributed by atoms with E-state index in [-0.39, 0.29) is 5.41 Å². The van der Waals surface area contributed by atoms with E-state index in [1.165, 1.54) is 0 Å². The smallest absolute Gasteiger partial charge is 0.0961 e. The Hall–Kier alpha value is -0.720. The largest absolute Gasteiger partial charge is 0.512 e. The molecular formula is C10H14O. The van der Waals surface area contributed by atoms with Crippen molar-refractivity contribution in [2.75, 3.05) is 0 Å². The van der Waals surface area contributed by atoms with Crippen LogP contribution in [0, 0.1) is 17.3 Å². The maximum absolute atomic E-state index is 9.52. The summed E-state index contributed by atoms with van der Waals surface area (Å²) in [5.41, 5.74) is 1.37. The highest BCUT2D eigenvalue weighted by Crippen LogP contribution is 2.59. The van der Waals surface area contributed by atoms with Crippen LogP contribution in [0.3, 0.4) is 0 Å². The SMILES string of the molecule is C=C1C=C(O)C2C[C@H]1C2(C)C. The van der Waals surface area contributed by atoms with Gasteiger partial charge in [0, 0.05) is 5.92 Å². The Morgan fingerprint density at radius 2 is 2.18 bits per heavy atom. The molecule has 1 fully saturated rings. The molecule has 3 aliphatic rings. The van der Waals surface area contributed by atoms with Crippen LogP contribution in [0.15, 0.2) is 24.0 Å². The van der Waals surface area contributed by atoms with Gasteiger partial charge in [-0.3, -0.25) is 0 Å². The van der Waals surface area contributed by atoms with Crippen molar-refractivity contribution >= 4 is 0 Å². The second-order valence-electron chi connectivity index (χ2n) is 4.31. The van der Waals surface area contributed by atoms with Crippen LogP contribution in [0.25, 0.3) is 0 Å². The van der Waals surface area contributed by atoms with Gasteiger partial charge in [-0.2, -0.15) is 0 Å². The Balaban J connectivity index is 2.42. The first-order valence-electron chi connectivity index (χ1n) is 4.13. The lowest BCUT2D eigenvalue weighted by atomic mass is 9.49. The number of rotatable bonds is 0. The molecule has 60 valence electrons. The molecule has 0 aromatic rings. The standard InChI is InChI=1S/C10H14O/c1-6-4-9(11)8-5-7(6)10(8,2)3/h4,7-8,11H,1,5H2,2-3H3/t7-,8?/m1/s1. The number of aliphatic hydroxyl groups excluding tert-OH is 1. The number of hydrogen-bond acceptors (Lipinski definition) is 1. The van der Waals surface area contributed by atoms with E-state index in [1.807, 2.05) is 6.08 Å². The fourth-order valence-corrected chi connectivity index (χ4v) is 2.45. The summed E-state index contributed by atoms with van der Waals surface area (Å²) in [5, 5.41) is 9.52. The highest BCUT2D eigenvalue weighted by atomic mass is 16.3. The number of aliphatic hydroxyl groups is 1. The van der Waals surface area contributed by atoms with E-state index in [2.05, 4.69) is 20.4 Å². The summed E-state index contributed by atoms with van der Waals surface area (Å²) in [6, 6.07) is 0. The molecule has 0 saturated heterocycles. The molecular weight excluding hydrogens is 136 g/mol. The molecule has 1 N–H and O–H groups in total. The van der Waals surface area contributed by atoms with Gasteiger partial charge < -0.3 is 5.11 Å². The molecule has 2 atom stereocenters. The molecule has 3 aliphatic carbocycles. The van der Waals surface area contributed by atoms with Crippen LogP contribution in [-0.4, -0.2) is 5.11 Å². The molecule has 0 radical (unpaired) electrons. The van der Waals surface area contributed by atoms with Gasteiger partial charge in [-0.05, 0) is 29.4 Å². The predicted molar refractivity (Wildman–Crippen MR) is 45.2 cm³/mol. The van der Waals surface area contributed by atoms with Gasteiger partial charge >= 0.3 is 0 Å². The molecule has 0 aromatic heterocycles. The fraction of sp³-hybridized carbons (Fsp3) is 0.600. The lowest BCUT2D eigenvalue weighted by molar-refractivity contribution is -0.00546. The van der Waals surface area contributed by atoms with Crippen LogP contribution in [0.2, 0.25) is 0 Å². The normalized spacial score (nSPS) is 39.5. The third kappa shape index (κ3) is 0.661. The first kappa shape index (κ1) is 6.96. The minimum absolute atomic E-state index is 0.260. The van der Waals surface area contributed by atoms with E-state index in [0.29, 0.717) is 17.6 Å². The molecule has 11 heavy (non-hydrogen) atoms. The van der Waals surface area contributed by atoms with E-state index in [4.69, 9.17) is 0 Å². The zero-order chi connectivity index (χ0) is 8.22. The first-order chi connectivity index (χ1) is 5.03. The third-order valence-electron chi connectivity index (χ3n) is 3.41. The maximum atomic E-state index is 9.52. The van der Waals surface area contributed by atoms with Crippen molar-refractivity contribution in [3.05, 3.63) is 24.0 Å². The second kappa shape index (κ2) is 1.71. The molecule has 1 saturated carbocycles. The van der Waals surface area contributed by atoms with E-state index >= 15 is 0 Å². The fourth-order valence-electron chi connectivity index (χ4n) is 2.45. The topological polar surface area (TPSA) is 20.2 Å². The van der Waals surface area contributed by atoms with Gasteiger partial charge in [0.1, 0.15) is 0 Å². The highest BCUT2D eigenvalue weighted by molar-refractivity contribution is 5.35. The van der Waals surface area contributed by atoms with Gasteiger partial charge in [0.25, 0.3) is 0 Å². The van der Waals surface area contributed by atoms with E-state index < -0.39 is 0 Å². The van der Waals surface area contributed by atoms with Gasteiger partial charge in [-0.15, -0.1) is 0 Å². The summed E-state index contributed by atoms with van der Waals surface area (Å²) in [4.78, 5) is 0. The van der Waals surface area contributed by atoms with Crippen molar-refractivity contribution in [3.8, 4) is 0 Å². The van der Waals surface area contributed by atoms with Crippen LogP contribution in [0.1, 0.15) is 20.3 Å². The van der Waals surface area contributed by atoms with Crippen LogP contribution >= 0.6 is 0 Å². The average molecular weight is 150 g/mol. The van der Waals surface area contributed by atoms with E-state index in [0.717, 1.165) is 12.0 Å². The maximum Gasteiger partial charge on any atom is 0.0961 e. The number of allylic oxidation sites excluding steroid dienone is 3. The number of hydrogen-bond donors (Lipinski definition) is 1. The van der Waals surface area contributed by atoms with Gasteiger partial charge in [0.2, 0.25) is 0 Å². The summed E-state index contributed by atoms with van der Waals surface area (Å²) in [6.45, 7) is 8.36. The minimum Gasteiger partial charge on any atom is -0.512 e. The molecule has 0 aliphatic heterocycles. The Labute approximate surface area is 67.4 Å². The third-order valence-corrected chi connectivity index (χ3v) is 3.41. The van der Waals surface area contributed by atoms with Crippen LogP contribution < -0.4 is 0 Å². The lowest BCUT2D eigenvalue weighted by Gasteiger charge is -2.55. The van der Waals surface area contributed by atoms with Crippen molar-refractivity contribution in [2.24, 2.45) is 17.3 Å². The van der Waals surface area contributed by atoms with Crippen molar-refractivity contribution in [1.29, 1.82) is 0 Å². The molecule has 0 spiro atoms. The molecule has 2 bridgehead atoms. The zero-order valence-electron chi connectivity index (χ0n) is 7.09. The summed E-state index contributed by atoms with van der Waals surface area (Å²) >= 11 is 0. The van der Waals surface area contributed by atoms with Crippen molar-refractivity contribution in [3.63, 3.8) is 0 Å². The quantitative estimate of drug-likeness (QED) is 0.563. The first-order valence-corrected chi connectivity index (χ1v) is 4.13. The molecule has 0 heterocycles. The highest BCUT2D eigenvalue weighted by Gasteiger charge is 2.53. The van der Waals surface area contributed by atoms with Crippen LogP contribution in [-0.2, 0) is 0 Å². The van der Waals surface area contributed by atoms with Crippen LogP contribution in [0.4, 0.5) is 0 Å². The predicted octanol–water partition coefficient (Wildman–Crippen LogP) is 2.66. The molecule has 1 nitrogen and oxygen atoms in total. The summed E-state index contributed by atoms with van der Waals surface area (Å²) < 4.78 is 0. The molecule has 0 aromatic carbocycles. The van der Waals surface area contributed by atoms with Crippen molar-refractivity contribution in [1.82, 2.24) is 0 Å². The van der Waals surface area contributed by atoms with Gasteiger partial charge in [0.05, 0.1) is 5.76 Å². The lowest BCUT2D eigenvalue weighted by Crippen LogP contribution is -2.48. The Morgan fingerprint density at radius 1 is 1.55 bits per heavy atom. The summed E-state index contributed by atoms with van der Waals surface area (Å²) in [5.74, 6) is 1.56. The Kier molecular flexibility index (Phi) is 1.08. The van der Waals surface area contributed by atoms with Crippen molar-refractivity contribution < 1.29 is 5.11 Å². The Morgan fingerprint density at radius 3 is 2.55 bits per heavy atom. The number of fused-ring (bicyclic) bond motifs is 1. The Bertz CT molecular complexity index is 248. The molecule has 1 unspecified atom stereocenters. The van der Waals surface area contributed by atoms with Crippen molar-refractivity contribution in [2.45, 2.75) is 20.3 Å². The molecule has 3 rings (SSSR count).